The third-order valence-electron chi connectivity index (χ3n) is 5.70. The van der Waals surface area contributed by atoms with E-state index in [1.54, 1.807) is 60.7 Å². The van der Waals surface area contributed by atoms with Crippen molar-refractivity contribution in [2.75, 3.05) is 10.6 Å². The van der Waals surface area contributed by atoms with E-state index in [4.69, 9.17) is 23.2 Å². The Labute approximate surface area is 260 Å². The van der Waals surface area contributed by atoms with Crippen LogP contribution in [0.4, 0.5) is 11.4 Å². The van der Waals surface area contributed by atoms with Gasteiger partial charge >= 0.3 is 0 Å². The number of rotatable bonds is 9. The summed E-state index contributed by atoms with van der Waals surface area (Å²) in [6.07, 6.45) is 1.49. The molecule has 41 heavy (non-hydrogen) atoms. The molecule has 10 heteroatoms. The van der Waals surface area contributed by atoms with Crippen LogP contribution < -0.4 is 16.0 Å². The van der Waals surface area contributed by atoms with Gasteiger partial charge in [-0.05, 0) is 91.4 Å². The lowest BCUT2D eigenvalue weighted by molar-refractivity contribution is -0.115. The van der Waals surface area contributed by atoms with Crippen molar-refractivity contribution in [3.05, 3.63) is 128 Å². The molecule has 3 N–H and O–H groups in total. The van der Waals surface area contributed by atoms with Crippen LogP contribution in [0.2, 0.25) is 10.0 Å². The Hall–Kier alpha value is -3.56. The minimum atomic E-state index is -0.539. The number of nitrogens with one attached hydrogen (secondary N) is 3. The first-order valence-electron chi connectivity index (χ1n) is 12.4. The number of anilines is 2. The molecule has 208 valence electrons. The summed E-state index contributed by atoms with van der Waals surface area (Å²) in [5.41, 5.74) is 2.13. The molecular weight excluding hydrogens is 645 g/mol. The average Bonchev–Trinajstić information content (AvgIpc) is 2.96. The van der Waals surface area contributed by atoms with Crippen LogP contribution >= 0.6 is 50.9 Å². The van der Waals surface area contributed by atoms with E-state index in [1.807, 2.05) is 43.3 Å². The highest BCUT2D eigenvalue weighted by atomic mass is 79.9. The highest BCUT2D eigenvalue weighted by Gasteiger charge is 2.17. The Balaban J connectivity index is 1.45. The molecule has 3 amide bonds. The second kappa shape index (κ2) is 14.4. The van der Waals surface area contributed by atoms with Crippen LogP contribution in [0.3, 0.4) is 0 Å². The molecule has 0 aromatic heterocycles. The number of carbonyl (C=O) groups excluding carboxylic acids is 3. The fraction of sp³-hybridized carbons (Fsp3) is 0.0645. The molecule has 4 aromatic rings. The monoisotopic (exact) mass is 667 g/mol. The zero-order chi connectivity index (χ0) is 29.4. The van der Waals surface area contributed by atoms with Crippen molar-refractivity contribution in [3.8, 4) is 0 Å². The molecule has 0 heterocycles. The van der Waals surface area contributed by atoms with Gasteiger partial charge in [0, 0.05) is 36.4 Å². The highest BCUT2D eigenvalue weighted by molar-refractivity contribution is 9.10. The standard InChI is InChI=1S/C31H24BrCl2N3O3S/c1-19(29(38)35-24-11-8-22(32)9-12-24)41-26-15-13-25(14-16-26)36-31(40)28(17-21-7-10-23(33)18-27(21)34)37-30(39)20-5-3-2-4-6-20/h2-19H,1H3,(H,35,38)(H,36,40)(H,37,39)/b28-17-. The van der Waals surface area contributed by atoms with E-state index in [0.29, 0.717) is 32.5 Å². The van der Waals surface area contributed by atoms with Gasteiger partial charge in [0.25, 0.3) is 11.8 Å². The quantitative estimate of drug-likeness (QED) is 0.124. The van der Waals surface area contributed by atoms with Crippen molar-refractivity contribution < 1.29 is 14.4 Å². The molecule has 4 aromatic carbocycles. The largest absolute Gasteiger partial charge is 0.325 e. The number of carbonyl (C=O) groups is 3. The summed E-state index contributed by atoms with van der Waals surface area (Å²) >= 11 is 17.1. The van der Waals surface area contributed by atoms with Gasteiger partial charge in [0.2, 0.25) is 5.91 Å². The Kier molecular flexibility index (Phi) is 10.7. The van der Waals surface area contributed by atoms with E-state index in [-0.39, 0.29) is 16.9 Å². The molecule has 0 radical (unpaired) electrons. The summed E-state index contributed by atoms with van der Waals surface area (Å²) in [6.45, 7) is 1.82. The second-order valence-corrected chi connectivity index (χ2v) is 12.0. The molecule has 4 rings (SSSR count). The van der Waals surface area contributed by atoms with Crippen LogP contribution in [0.25, 0.3) is 6.08 Å². The predicted molar refractivity (Wildman–Crippen MR) is 172 cm³/mol. The van der Waals surface area contributed by atoms with E-state index in [9.17, 15) is 14.4 Å². The Morgan fingerprint density at radius 3 is 2.12 bits per heavy atom. The van der Waals surface area contributed by atoms with Gasteiger partial charge in [-0.3, -0.25) is 14.4 Å². The molecule has 0 fully saturated rings. The highest BCUT2D eigenvalue weighted by Crippen LogP contribution is 2.27. The first-order valence-corrected chi connectivity index (χ1v) is 14.8. The molecule has 0 saturated heterocycles. The van der Waals surface area contributed by atoms with E-state index < -0.39 is 11.8 Å². The summed E-state index contributed by atoms with van der Waals surface area (Å²) in [5.74, 6) is -1.11. The summed E-state index contributed by atoms with van der Waals surface area (Å²) < 4.78 is 0.931. The second-order valence-electron chi connectivity index (χ2n) is 8.78. The minimum absolute atomic E-state index is 0.000220. The number of benzene rings is 4. The Morgan fingerprint density at radius 2 is 1.46 bits per heavy atom. The van der Waals surface area contributed by atoms with E-state index in [0.717, 1.165) is 9.37 Å². The number of amides is 3. The minimum Gasteiger partial charge on any atom is -0.325 e. The molecule has 0 aliphatic rings. The van der Waals surface area contributed by atoms with Crippen LogP contribution in [0, 0.1) is 0 Å². The summed E-state index contributed by atoms with van der Waals surface area (Å²) in [4.78, 5) is 39.6. The fourth-order valence-electron chi connectivity index (χ4n) is 3.57. The van der Waals surface area contributed by atoms with Gasteiger partial charge in [-0.1, -0.05) is 63.4 Å². The van der Waals surface area contributed by atoms with E-state index in [1.165, 1.54) is 17.8 Å². The van der Waals surface area contributed by atoms with Gasteiger partial charge in [-0.15, -0.1) is 11.8 Å². The lowest BCUT2D eigenvalue weighted by Gasteiger charge is -2.14. The Morgan fingerprint density at radius 1 is 0.829 bits per heavy atom. The van der Waals surface area contributed by atoms with Crippen LogP contribution in [-0.4, -0.2) is 23.0 Å². The predicted octanol–water partition coefficient (Wildman–Crippen LogP) is 8.28. The third kappa shape index (κ3) is 8.96. The molecular formula is C31H24BrCl2N3O3S. The third-order valence-corrected chi connectivity index (χ3v) is 7.90. The van der Waals surface area contributed by atoms with Crippen LogP contribution in [-0.2, 0) is 9.59 Å². The van der Waals surface area contributed by atoms with Crippen molar-refractivity contribution in [2.24, 2.45) is 0 Å². The number of hydrogen-bond donors (Lipinski definition) is 3. The molecule has 0 saturated carbocycles. The maximum absolute atomic E-state index is 13.3. The van der Waals surface area contributed by atoms with Crippen molar-refractivity contribution in [2.45, 2.75) is 17.1 Å². The molecule has 0 spiro atoms. The lowest BCUT2D eigenvalue weighted by atomic mass is 10.1. The van der Waals surface area contributed by atoms with Gasteiger partial charge in [0.1, 0.15) is 5.70 Å². The number of hydrogen-bond acceptors (Lipinski definition) is 4. The fourth-order valence-corrected chi connectivity index (χ4v) is 5.16. The van der Waals surface area contributed by atoms with Crippen molar-refractivity contribution in [1.82, 2.24) is 5.32 Å². The maximum atomic E-state index is 13.3. The van der Waals surface area contributed by atoms with Gasteiger partial charge in [-0.25, -0.2) is 0 Å². The van der Waals surface area contributed by atoms with Gasteiger partial charge in [-0.2, -0.15) is 0 Å². The smallest absolute Gasteiger partial charge is 0.272 e. The van der Waals surface area contributed by atoms with Gasteiger partial charge in [0.15, 0.2) is 0 Å². The zero-order valence-electron chi connectivity index (χ0n) is 21.7. The van der Waals surface area contributed by atoms with Crippen molar-refractivity contribution in [1.29, 1.82) is 0 Å². The van der Waals surface area contributed by atoms with Crippen LogP contribution in [0.5, 0.6) is 0 Å². The van der Waals surface area contributed by atoms with Gasteiger partial charge in [0.05, 0.1) is 5.25 Å². The van der Waals surface area contributed by atoms with Crippen LogP contribution in [0.1, 0.15) is 22.8 Å². The normalized spacial score (nSPS) is 11.9. The number of thioether (sulfide) groups is 1. The van der Waals surface area contributed by atoms with E-state index >= 15 is 0 Å². The summed E-state index contributed by atoms with van der Waals surface area (Å²) in [6, 6.07) is 27.9. The zero-order valence-corrected chi connectivity index (χ0v) is 25.6. The van der Waals surface area contributed by atoms with Crippen LogP contribution in [0.15, 0.2) is 112 Å². The first-order chi connectivity index (χ1) is 19.7. The van der Waals surface area contributed by atoms with Gasteiger partial charge < -0.3 is 16.0 Å². The average molecular weight is 669 g/mol. The SMILES string of the molecule is CC(Sc1ccc(NC(=O)/C(=C/c2ccc(Cl)cc2Cl)NC(=O)c2ccccc2)cc1)C(=O)Nc1ccc(Br)cc1. The molecule has 1 unspecified atom stereocenters. The lowest BCUT2D eigenvalue weighted by Crippen LogP contribution is -2.30. The van der Waals surface area contributed by atoms with Crippen molar-refractivity contribution in [3.63, 3.8) is 0 Å². The first kappa shape index (κ1) is 30.4. The van der Waals surface area contributed by atoms with Crippen molar-refractivity contribution >= 4 is 86.1 Å². The summed E-state index contributed by atoms with van der Waals surface area (Å²) in [7, 11) is 0. The molecule has 0 aliphatic heterocycles. The molecule has 6 nitrogen and oxygen atoms in total. The maximum Gasteiger partial charge on any atom is 0.272 e. The molecule has 0 bridgehead atoms. The molecule has 0 aliphatic carbocycles. The summed E-state index contributed by atoms with van der Waals surface area (Å²) in [5, 5.41) is 8.81. The Bertz CT molecular complexity index is 1580. The van der Waals surface area contributed by atoms with E-state index in [2.05, 4.69) is 31.9 Å². The topological polar surface area (TPSA) is 87.3 Å². The number of halogens is 3. The molecule has 1 atom stereocenters.